The molecule has 2 aliphatic heterocycles. The van der Waals surface area contributed by atoms with Crippen LogP contribution in [0, 0.1) is 12.8 Å². The maximum absolute atomic E-state index is 13.5. The predicted octanol–water partition coefficient (Wildman–Crippen LogP) is 4.70. The van der Waals surface area contributed by atoms with Gasteiger partial charge in [0.15, 0.2) is 6.10 Å². The second kappa shape index (κ2) is 7.27. The largest absolute Gasteiger partial charge is 0.273 e. The molecule has 0 N–H and O–H groups in total. The summed E-state index contributed by atoms with van der Waals surface area (Å²) in [6.45, 7) is 1.93. The van der Waals surface area contributed by atoms with E-state index in [-0.39, 0.29) is 11.8 Å². The molecule has 150 valence electrons. The van der Waals surface area contributed by atoms with E-state index in [0.717, 1.165) is 16.8 Å². The number of hydrogen-bond donors (Lipinski definition) is 0. The molecule has 6 heteroatoms. The molecular weight excluding hydrogens is 400 g/mol. The quantitative estimate of drug-likeness (QED) is 0.578. The van der Waals surface area contributed by atoms with Gasteiger partial charge in [0.25, 0.3) is 5.91 Å². The summed E-state index contributed by atoms with van der Waals surface area (Å²) in [5, 5.41) is 2.18. The number of nitrogens with zero attached hydrogens (tertiary/aromatic N) is 2. The van der Waals surface area contributed by atoms with Gasteiger partial charge >= 0.3 is 0 Å². The van der Waals surface area contributed by atoms with Crippen molar-refractivity contribution < 1.29 is 14.4 Å². The first-order valence-corrected chi connectivity index (χ1v) is 10.1. The van der Waals surface area contributed by atoms with Gasteiger partial charge in [-0.1, -0.05) is 60.1 Å². The number of hydrogen-bond acceptors (Lipinski definition) is 4. The average molecular weight is 419 g/mol. The molecule has 0 saturated carbocycles. The lowest BCUT2D eigenvalue weighted by Gasteiger charge is -2.29. The highest BCUT2D eigenvalue weighted by molar-refractivity contribution is 6.31. The zero-order chi connectivity index (χ0) is 20.8. The standard InChI is InChI=1S/C24H19ClN2O3/c1-15-8-7-11-17(14-15)26-23(28)20-21(18-12-5-6-13-19(18)25)27(30-22(20)24(26)29)16-9-3-2-4-10-16/h2-14,20-22H,1H3/t20-,21+,22+/m0/s1. The monoisotopic (exact) mass is 418 g/mol. The van der Waals surface area contributed by atoms with E-state index in [1.807, 2.05) is 73.7 Å². The van der Waals surface area contributed by atoms with Gasteiger partial charge in [-0.3, -0.25) is 14.4 Å². The third kappa shape index (κ3) is 2.90. The number of amides is 2. The van der Waals surface area contributed by atoms with Crippen LogP contribution in [0.3, 0.4) is 0 Å². The Hall–Kier alpha value is -3.15. The van der Waals surface area contributed by atoms with E-state index in [2.05, 4.69) is 0 Å². The molecule has 0 unspecified atom stereocenters. The minimum absolute atomic E-state index is 0.279. The number of carbonyl (C=O) groups is 2. The Morgan fingerprint density at radius 1 is 0.833 bits per heavy atom. The van der Waals surface area contributed by atoms with Crippen LogP contribution in [0.25, 0.3) is 0 Å². The minimum atomic E-state index is -0.903. The van der Waals surface area contributed by atoms with Gasteiger partial charge in [-0.15, -0.1) is 0 Å². The van der Waals surface area contributed by atoms with E-state index < -0.39 is 18.1 Å². The molecule has 0 aliphatic carbocycles. The van der Waals surface area contributed by atoms with Crippen molar-refractivity contribution in [3.63, 3.8) is 0 Å². The van der Waals surface area contributed by atoms with E-state index in [1.54, 1.807) is 17.2 Å². The molecule has 0 aromatic heterocycles. The SMILES string of the molecule is Cc1cccc(N2C(=O)[C@H]3[C@@H](c4ccccc4Cl)N(c4ccccc4)O[C@H]3C2=O)c1. The number of aryl methyl sites for hydroxylation is 1. The lowest BCUT2D eigenvalue weighted by Crippen LogP contribution is -2.37. The fourth-order valence-electron chi connectivity index (χ4n) is 4.27. The number of rotatable bonds is 3. The molecule has 30 heavy (non-hydrogen) atoms. The van der Waals surface area contributed by atoms with Crippen molar-refractivity contribution in [3.8, 4) is 0 Å². The number of imide groups is 1. The molecular formula is C24H19ClN2O3. The van der Waals surface area contributed by atoms with E-state index in [9.17, 15) is 9.59 Å². The third-order valence-corrected chi connectivity index (χ3v) is 5.95. The molecule has 0 radical (unpaired) electrons. The van der Waals surface area contributed by atoms with Crippen LogP contribution in [0.2, 0.25) is 5.02 Å². The number of benzene rings is 3. The average Bonchev–Trinajstić information content (AvgIpc) is 3.25. The van der Waals surface area contributed by atoms with Crippen LogP contribution in [-0.4, -0.2) is 17.9 Å². The van der Waals surface area contributed by atoms with Gasteiger partial charge in [-0.2, -0.15) is 0 Å². The van der Waals surface area contributed by atoms with E-state index in [1.165, 1.54) is 4.90 Å². The van der Waals surface area contributed by atoms with E-state index in [4.69, 9.17) is 16.4 Å². The Balaban J connectivity index is 1.61. The predicted molar refractivity (Wildman–Crippen MR) is 115 cm³/mol. The summed E-state index contributed by atoms with van der Waals surface area (Å²) >= 11 is 6.51. The summed E-state index contributed by atoms with van der Waals surface area (Å²) in [6, 6.07) is 23.7. The molecule has 2 aliphatic rings. The van der Waals surface area contributed by atoms with Gasteiger partial charge in [0.1, 0.15) is 5.92 Å². The van der Waals surface area contributed by atoms with Crippen molar-refractivity contribution >= 4 is 34.8 Å². The second-order valence-electron chi connectivity index (χ2n) is 7.53. The van der Waals surface area contributed by atoms with Crippen LogP contribution in [-0.2, 0) is 14.4 Å². The van der Waals surface area contributed by atoms with Gasteiger partial charge in [0, 0.05) is 5.02 Å². The van der Waals surface area contributed by atoms with Gasteiger partial charge < -0.3 is 0 Å². The second-order valence-corrected chi connectivity index (χ2v) is 7.94. The van der Waals surface area contributed by atoms with E-state index in [0.29, 0.717) is 10.7 Å². The smallest absolute Gasteiger partial charge is 0.266 e. The summed E-state index contributed by atoms with van der Waals surface area (Å²) < 4.78 is 0. The van der Waals surface area contributed by atoms with Gasteiger partial charge in [-0.25, -0.2) is 9.96 Å². The summed E-state index contributed by atoms with van der Waals surface area (Å²) in [5.74, 6) is -1.33. The van der Waals surface area contributed by atoms with Crippen molar-refractivity contribution in [2.75, 3.05) is 9.96 Å². The van der Waals surface area contributed by atoms with Crippen LogP contribution in [0.1, 0.15) is 17.2 Å². The highest BCUT2D eigenvalue weighted by Crippen LogP contribution is 2.48. The van der Waals surface area contributed by atoms with E-state index >= 15 is 0 Å². The maximum atomic E-state index is 13.5. The molecule has 2 amide bonds. The molecule has 0 spiro atoms. The first kappa shape index (κ1) is 18.9. The summed E-state index contributed by atoms with van der Waals surface area (Å²) in [4.78, 5) is 34.2. The lowest BCUT2D eigenvalue weighted by molar-refractivity contribution is -0.126. The molecule has 0 bridgehead atoms. The fraction of sp³-hybridized carbons (Fsp3) is 0.167. The Kier molecular flexibility index (Phi) is 4.57. The first-order valence-electron chi connectivity index (χ1n) is 9.76. The number of hydroxylamine groups is 1. The Bertz CT molecular complexity index is 1130. The maximum Gasteiger partial charge on any atom is 0.266 e. The van der Waals surface area contributed by atoms with Gasteiger partial charge in [0.2, 0.25) is 5.91 Å². The molecule has 3 aromatic rings. The first-order chi connectivity index (χ1) is 14.6. The van der Waals surface area contributed by atoms with Crippen molar-refractivity contribution in [1.82, 2.24) is 0 Å². The van der Waals surface area contributed by atoms with Gasteiger partial charge in [0.05, 0.1) is 17.4 Å². The number of halogens is 1. The topological polar surface area (TPSA) is 49.9 Å². The van der Waals surface area contributed by atoms with Crippen LogP contribution < -0.4 is 9.96 Å². The van der Waals surface area contributed by atoms with Crippen molar-refractivity contribution in [1.29, 1.82) is 0 Å². The van der Waals surface area contributed by atoms with Crippen LogP contribution in [0.5, 0.6) is 0 Å². The highest BCUT2D eigenvalue weighted by atomic mass is 35.5. The highest BCUT2D eigenvalue weighted by Gasteiger charge is 2.60. The number of para-hydroxylation sites is 1. The zero-order valence-corrected chi connectivity index (χ0v) is 17.0. The van der Waals surface area contributed by atoms with Crippen molar-refractivity contribution in [2.24, 2.45) is 5.92 Å². The summed E-state index contributed by atoms with van der Waals surface area (Å²) in [7, 11) is 0. The van der Waals surface area contributed by atoms with Crippen molar-refractivity contribution in [3.05, 3.63) is 95.0 Å². The Labute approximate surface area is 179 Å². The van der Waals surface area contributed by atoms with Crippen LogP contribution in [0.4, 0.5) is 11.4 Å². The molecule has 2 saturated heterocycles. The fourth-order valence-corrected chi connectivity index (χ4v) is 4.51. The van der Waals surface area contributed by atoms with Crippen LogP contribution >= 0.6 is 11.6 Å². The third-order valence-electron chi connectivity index (χ3n) is 5.61. The minimum Gasteiger partial charge on any atom is -0.273 e. The Morgan fingerprint density at radius 3 is 2.27 bits per heavy atom. The zero-order valence-electron chi connectivity index (χ0n) is 16.2. The number of carbonyl (C=O) groups excluding carboxylic acids is 2. The number of anilines is 2. The van der Waals surface area contributed by atoms with Crippen molar-refractivity contribution in [2.45, 2.75) is 19.1 Å². The summed E-state index contributed by atoms with van der Waals surface area (Å²) in [6.07, 6.45) is -0.903. The van der Waals surface area contributed by atoms with Gasteiger partial charge in [-0.05, 0) is 48.4 Å². The number of fused-ring (bicyclic) bond motifs is 1. The molecule has 2 heterocycles. The molecule has 5 rings (SSSR count). The van der Waals surface area contributed by atoms with Crippen LogP contribution in [0.15, 0.2) is 78.9 Å². The normalized spacial score (nSPS) is 23.2. The molecule has 3 aromatic carbocycles. The molecule has 3 atom stereocenters. The summed E-state index contributed by atoms with van der Waals surface area (Å²) in [5.41, 5.74) is 3.05. The molecule has 2 fully saturated rings. The lowest BCUT2D eigenvalue weighted by atomic mass is 9.90. The Morgan fingerprint density at radius 2 is 1.53 bits per heavy atom. The molecule has 5 nitrogen and oxygen atoms in total.